The SMILES string of the molecule is Cl.O=C(N1CC[C@@H]2CNC[C@@H]2CC1)C12CC3CC(CC(C3)C1)C2. The van der Waals surface area contributed by atoms with Gasteiger partial charge in [0.25, 0.3) is 0 Å². The Bertz CT molecular complexity index is 431. The van der Waals surface area contributed by atoms with Gasteiger partial charge < -0.3 is 10.2 Å². The Morgan fingerprint density at radius 3 is 1.83 bits per heavy atom. The van der Waals surface area contributed by atoms with Crippen LogP contribution in [0.2, 0.25) is 0 Å². The number of hydrogen-bond donors (Lipinski definition) is 1. The number of fused-ring (bicyclic) bond motifs is 1. The topological polar surface area (TPSA) is 32.3 Å². The Kier molecular flexibility index (Phi) is 4.16. The molecule has 2 heterocycles. The Morgan fingerprint density at radius 2 is 1.35 bits per heavy atom. The fourth-order valence-corrected chi connectivity index (χ4v) is 7.13. The predicted octanol–water partition coefficient (Wildman–Crippen LogP) is 3.08. The highest BCUT2D eigenvalue weighted by atomic mass is 35.5. The van der Waals surface area contributed by atoms with Crippen LogP contribution in [0, 0.1) is 35.0 Å². The van der Waals surface area contributed by atoms with E-state index in [-0.39, 0.29) is 17.8 Å². The molecule has 1 amide bonds. The molecule has 6 rings (SSSR count). The molecule has 4 bridgehead atoms. The summed E-state index contributed by atoms with van der Waals surface area (Å²) in [5.41, 5.74) is 0.0758. The molecule has 0 spiro atoms. The minimum absolute atomic E-state index is 0. The van der Waals surface area contributed by atoms with Gasteiger partial charge in [-0.05, 0) is 94.0 Å². The van der Waals surface area contributed by atoms with Crippen molar-refractivity contribution in [3.8, 4) is 0 Å². The van der Waals surface area contributed by atoms with E-state index in [4.69, 9.17) is 0 Å². The molecule has 1 N–H and O–H groups in total. The van der Waals surface area contributed by atoms with Crippen LogP contribution >= 0.6 is 12.4 Å². The van der Waals surface area contributed by atoms with Gasteiger partial charge in [0.2, 0.25) is 5.91 Å². The highest BCUT2D eigenvalue weighted by Crippen LogP contribution is 2.60. The maximum atomic E-state index is 13.4. The molecule has 0 unspecified atom stereocenters. The Morgan fingerprint density at radius 1 is 0.870 bits per heavy atom. The van der Waals surface area contributed by atoms with Gasteiger partial charge in [0.15, 0.2) is 0 Å². The zero-order valence-corrected chi connectivity index (χ0v) is 15.0. The first-order chi connectivity index (χ1) is 10.7. The maximum absolute atomic E-state index is 13.4. The zero-order valence-electron chi connectivity index (χ0n) is 14.1. The molecular weight excluding hydrogens is 308 g/mol. The van der Waals surface area contributed by atoms with Crippen LogP contribution in [-0.2, 0) is 4.79 Å². The molecular formula is C19H31ClN2O. The van der Waals surface area contributed by atoms with E-state index in [0.29, 0.717) is 5.91 Å². The van der Waals surface area contributed by atoms with E-state index < -0.39 is 0 Å². The number of rotatable bonds is 1. The molecule has 3 nitrogen and oxygen atoms in total. The average Bonchev–Trinajstić information content (AvgIpc) is 2.84. The minimum atomic E-state index is 0. The Balaban J connectivity index is 0.00000135. The smallest absolute Gasteiger partial charge is 0.228 e. The average molecular weight is 339 g/mol. The highest BCUT2D eigenvalue weighted by Gasteiger charge is 2.55. The molecule has 4 aliphatic carbocycles. The van der Waals surface area contributed by atoms with Crippen LogP contribution in [-0.4, -0.2) is 37.0 Å². The lowest BCUT2D eigenvalue weighted by Crippen LogP contribution is -2.54. The highest BCUT2D eigenvalue weighted by molar-refractivity contribution is 5.85. The van der Waals surface area contributed by atoms with E-state index in [0.717, 1.165) is 42.7 Å². The van der Waals surface area contributed by atoms with Crippen molar-refractivity contribution in [2.24, 2.45) is 35.0 Å². The maximum Gasteiger partial charge on any atom is 0.228 e. The van der Waals surface area contributed by atoms with Crippen molar-refractivity contribution < 1.29 is 4.79 Å². The quantitative estimate of drug-likeness (QED) is 0.797. The number of halogens is 1. The number of carbonyl (C=O) groups is 1. The molecule has 2 saturated heterocycles. The molecule has 0 aromatic carbocycles. The fraction of sp³-hybridized carbons (Fsp3) is 0.947. The molecule has 2 atom stereocenters. The van der Waals surface area contributed by atoms with Crippen molar-refractivity contribution in [2.45, 2.75) is 51.4 Å². The summed E-state index contributed by atoms with van der Waals surface area (Å²) >= 11 is 0. The van der Waals surface area contributed by atoms with Gasteiger partial charge in [-0.1, -0.05) is 0 Å². The summed E-state index contributed by atoms with van der Waals surface area (Å²) < 4.78 is 0. The van der Waals surface area contributed by atoms with Crippen LogP contribution in [0.25, 0.3) is 0 Å². The summed E-state index contributed by atoms with van der Waals surface area (Å²) in [5.74, 6) is 4.87. The molecule has 6 aliphatic rings. The van der Waals surface area contributed by atoms with Gasteiger partial charge in [-0.25, -0.2) is 0 Å². The zero-order chi connectivity index (χ0) is 14.7. The molecule has 4 saturated carbocycles. The van der Waals surface area contributed by atoms with E-state index >= 15 is 0 Å². The van der Waals surface area contributed by atoms with E-state index in [9.17, 15) is 4.79 Å². The van der Waals surface area contributed by atoms with Crippen molar-refractivity contribution in [2.75, 3.05) is 26.2 Å². The van der Waals surface area contributed by atoms with Gasteiger partial charge in [-0.3, -0.25) is 4.79 Å². The van der Waals surface area contributed by atoms with E-state index in [1.807, 2.05) is 0 Å². The second-order valence-electron chi connectivity index (χ2n) is 9.25. The first kappa shape index (κ1) is 16.2. The Labute approximate surface area is 146 Å². The molecule has 23 heavy (non-hydrogen) atoms. The van der Waals surface area contributed by atoms with E-state index in [1.165, 1.54) is 64.5 Å². The van der Waals surface area contributed by atoms with Crippen molar-refractivity contribution in [3.05, 3.63) is 0 Å². The number of hydrogen-bond acceptors (Lipinski definition) is 2. The lowest BCUT2D eigenvalue weighted by molar-refractivity contribution is -0.157. The van der Waals surface area contributed by atoms with Gasteiger partial charge in [0.05, 0.1) is 5.41 Å². The third-order valence-electron chi connectivity index (χ3n) is 7.80. The summed E-state index contributed by atoms with van der Waals surface area (Å²) in [5, 5.41) is 3.54. The molecule has 6 fully saturated rings. The van der Waals surface area contributed by atoms with Crippen LogP contribution in [0.5, 0.6) is 0 Å². The molecule has 4 heteroatoms. The van der Waals surface area contributed by atoms with Gasteiger partial charge >= 0.3 is 0 Å². The molecule has 130 valence electrons. The summed E-state index contributed by atoms with van der Waals surface area (Å²) in [6, 6.07) is 0. The van der Waals surface area contributed by atoms with Gasteiger partial charge in [-0.2, -0.15) is 0 Å². The summed E-state index contributed by atoms with van der Waals surface area (Å²) in [6.45, 7) is 4.43. The number of carbonyl (C=O) groups excluding carboxylic acids is 1. The monoisotopic (exact) mass is 338 g/mol. The number of likely N-dealkylation sites (tertiary alicyclic amines) is 1. The van der Waals surface area contributed by atoms with Crippen LogP contribution in [0.1, 0.15) is 51.4 Å². The van der Waals surface area contributed by atoms with Crippen LogP contribution in [0.4, 0.5) is 0 Å². The first-order valence-corrected chi connectivity index (χ1v) is 9.72. The summed E-state index contributed by atoms with van der Waals surface area (Å²) in [6.07, 6.45) is 10.4. The van der Waals surface area contributed by atoms with Crippen molar-refractivity contribution in [3.63, 3.8) is 0 Å². The van der Waals surface area contributed by atoms with Gasteiger partial charge in [-0.15, -0.1) is 12.4 Å². The molecule has 0 radical (unpaired) electrons. The lowest BCUT2D eigenvalue weighted by Gasteiger charge is -2.56. The normalized spacial score (nSPS) is 47.8. The second-order valence-corrected chi connectivity index (χ2v) is 9.25. The van der Waals surface area contributed by atoms with Crippen LogP contribution in [0.3, 0.4) is 0 Å². The van der Waals surface area contributed by atoms with E-state index in [1.54, 1.807) is 0 Å². The standard InChI is InChI=1S/C19H30N2O.ClH/c22-18(21-3-1-16-11-20-12-17(16)2-4-21)19-8-13-5-14(9-19)7-15(6-13)10-19;/h13-17,20H,1-12H2;1H/t13?,14?,15?,16-,17+,19?;. The first-order valence-electron chi connectivity index (χ1n) is 9.72. The van der Waals surface area contributed by atoms with Gasteiger partial charge in [0.1, 0.15) is 0 Å². The fourth-order valence-electron chi connectivity index (χ4n) is 7.13. The number of nitrogens with zero attached hydrogens (tertiary/aromatic N) is 1. The summed E-state index contributed by atoms with van der Waals surface area (Å²) in [4.78, 5) is 15.7. The lowest BCUT2D eigenvalue weighted by atomic mass is 9.49. The molecule has 0 aromatic rings. The molecule has 2 aliphatic heterocycles. The Hall–Kier alpha value is -0.280. The van der Waals surface area contributed by atoms with Crippen molar-refractivity contribution in [1.82, 2.24) is 10.2 Å². The third kappa shape index (κ3) is 2.63. The minimum Gasteiger partial charge on any atom is -0.342 e. The largest absolute Gasteiger partial charge is 0.342 e. The second kappa shape index (κ2) is 5.91. The van der Waals surface area contributed by atoms with Gasteiger partial charge in [0, 0.05) is 13.1 Å². The van der Waals surface area contributed by atoms with Crippen molar-refractivity contribution >= 4 is 18.3 Å². The molecule has 0 aromatic heterocycles. The van der Waals surface area contributed by atoms with E-state index in [2.05, 4.69) is 10.2 Å². The van der Waals surface area contributed by atoms with Crippen LogP contribution < -0.4 is 5.32 Å². The predicted molar refractivity (Wildman–Crippen MR) is 93.5 cm³/mol. The van der Waals surface area contributed by atoms with Crippen LogP contribution in [0.15, 0.2) is 0 Å². The summed E-state index contributed by atoms with van der Waals surface area (Å²) in [7, 11) is 0. The number of amides is 1. The third-order valence-corrected chi connectivity index (χ3v) is 7.80. The number of nitrogens with one attached hydrogen (secondary N) is 1. The van der Waals surface area contributed by atoms with Crippen molar-refractivity contribution in [1.29, 1.82) is 0 Å².